The molecule has 3 fully saturated rings. The highest BCUT2D eigenvalue weighted by Crippen LogP contribution is 2.67. The van der Waals surface area contributed by atoms with E-state index in [1.807, 2.05) is 6.08 Å². The maximum Gasteiger partial charge on any atom is 0.189 e. The van der Waals surface area contributed by atoms with Crippen LogP contribution in [0, 0.1) is 40.4 Å². The Morgan fingerprint density at radius 3 is 2.71 bits per heavy atom. The third-order valence-corrected chi connectivity index (χ3v) is 8.44. The van der Waals surface area contributed by atoms with Crippen molar-refractivity contribution in [3.05, 3.63) is 23.8 Å². The molecule has 4 rings (SSSR count). The molecule has 0 spiro atoms. The summed E-state index contributed by atoms with van der Waals surface area (Å²) in [5.41, 5.74) is 1.50. The van der Waals surface area contributed by atoms with Gasteiger partial charge in [0.05, 0.1) is 0 Å². The first-order chi connectivity index (χ1) is 11.3. The third kappa shape index (κ3) is 2.09. The predicted molar refractivity (Wildman–Crippen MR) is 98.6 cm³/mol. The number of ketones is 1. The molecule has 0 radical (unpaired) electrons. The lowest BCUT2D eigenvalue weighted by Gasteiger charge is -2.56. The average Bonchev–Trinajstić information content (AvgIpc) is 2.78. The van der Waals surface area contributed by atoms with Crippen LogP contribution in [0.4, 0.5) is 0 Å². The molecule has 4 aliphatic rings. The molecule has 0 heterocycles. The van der Waals surface area contributed by atoms with E-state index in [-0.39, 0.29) is 27.6 Å². The van der Waals surface area contributed by atoms with Crippen LogP contribution in [0.15, 0.2) is 23.8 Å². The maximum absolute atomic E-state index is 12.2. The highest BCUT2D eigenvalue weighted by Gasteiger charge is 2.61. The number of hydrogen-bond donors (Lipinski definition) is 1. The number of hydrogen-bond acceptors (Lipinski definition) is 2. The first-order valence-corrected chi connectivity index (χ1v) is 9.89. The molecular weight excluding hydrogens is 316 g/mol. The van der Waals surface area contributed by atoms with Crippen molar-refractivity contribution in [2.75, 3.05) is 0 Å². The van der Waals surface area contributed by atoms with Gasteiger partial charge in [-0.2, -0.15) is 0 Å². The Morgan fingerprint density at radius 1 is 1.25 bits per heavy atom. The van der Waals surface area contributed by atoms with Gasteiger partial charge in [0.15, 0.2) is 10.9 Å². The van der Waals surface area contributed by atoms with Gasteiger partial charge in [-0.1, -0.05) is 32.4 Å². The minimum atomic E-state index is 0.0461. The van der Waals surface area contributed by atoms with Crippen LogP contribution in [-0.4, -0.2) is 10.9 Å². The summed E-state index contributed by atoms with van der Waals surface area (Å²) in [5.74, 6) is 2.61. The van der Waals surface area contributed by atoms with Crippen LogP contribution in [0.25, 0.3) is 0 Å². The van der Waals surface area contributed by atoms with Gasteiger partial charge >= 0.3 is 0 Å². The van der Waals surface area contributed by atoms with E-state index in [0.717, 1.165) is 25.7 Å². The quantitative estimate of drug-likeness (QED) is 0.705. The van der Waals surface area contributed by atoms with E-state index >= 15 is 0 Å². The van der Waals surface area contributed by atoms with Gasteiger partial charge in [-0.3, -0.25) is 9.59 Å². The zero-order chi connectivity index (χ0) is 17.3. The molecule has 0 bridgehead atoms. The number of fused-ring (bicyclic) bond motifs is 5. The highest BCUT2D eigenvalue weighted by atomic mass is 32.1. The van der Waals surface area contributed by atoms with Crippen molar-refractivity contribution in [1.82, 2.24) is 0 Å². The Kier molecular flexibility index (Phi) is 3.69. The van der Waals surface area contributed by atoms with Gasteiger partial charge in [-0.25, -0.2) is 0 Å². The van der Waals surface area contributed by atoms with E-state index < -0.39 is 0 Å². The van der Waals surface area contributed by atoms with Crippen molar-refractivity contribution < 1.29 is 9.59 Å². The summed E-state index contributed by atoms with van der Waals surface area (Å²) < 4.78 is 0. The predicted octanol–water partition coefficient (Wildman–Crippen LogP) is 4.61. The minimum Gasteiger partial charge on any atom is -0.290 e. The van der Waals surface area contributed by atoms with Crippen molar-refractivity contribution in [2.45, 2.75) is 52.9 Å². The van der Waals surface area contributed by atoms with Gasteiger partial charge in [-0.15, -0.1) is 12.6 Å². The first-order valence-electron chi connectivity index (χ1n) is 9.44. The largest absolute Gasteiger partial charge is 0.290 e. The normalized spacial score (nSPS) is 49.9. The maximum atomic E-state index is 12.2. The second kappa shape index (κ2) is 5.33. The molecule has 0 unspecified atom stereocenters. The van der Waals surface area contributed by atoms with E-state index in [4.69, 9.17) is 0 Å². The van der Waals surface area contributed by atoms with Crippen LogP contribution in [-0.2, 0) is 9.59 Å². The zero-order valence-corrected chi connectivity index (χ0v) is 15.8. The molecule has 0 aromatic rings. The molecule has 0 N–H and O–H groups in total. The summed E-state index contributed by atoms with van der Waals surface area (Å²) >= 11 is 4.25. The van der Waals surface area contributed by atoms with Crippen molar-refractivity contribution in [3.63, 3.8) is 0 Å². The summed E-state index contributed by atoms with van der Waals surface area (Å²) in [6.07, 6.45) is 11.5. The molecule has 0 aliphatic heterocycles. The van der Waals surface area contributed by atoms with Gasteiger partial charge in [-0.05, 0) is 73.3 Å². The van der Waals surface area contributed by atoms with E-state index in [0.29, 0.717) is 23.7 Å². The molecule has 0 aromatic heterocycles. The molecule has 0 aromatic carbocycles. The fourth-order valence-corrected chi connectivity index (χ4v) is 7.64. The average molecular weight is 345 g/mol. The summed E-state index contributed by atoms with van der Waals surface area (Å²) in [6.45, 7) is 6.93. The second-order valence-electron chi connectivity index (χ2n) is 9.18. The van der Waals surface area contributed by atoms with Crippen LogP contribution < -0.4 is 0 Å². The van der Waals surface area contributed by atoms with E-state index in [1.165, 1.54) is 12.0 Å². The van der Waals surface area contributed by atoms with E-state index in [2.05, 4.69) is 39.5 Å². The fourth-order valence-electron chi connectivity index (χ4n) is 7.09. The van der Waals surface area contributed by atoms with Crippen molar-refractivity contribution in [3.8, 4) is 0 Å². The van der Waals surface area contributed by atoms with Gasteiger partial charge in [0.25, 0.3) is 0 Å². The van der Waals surface area contributed by atoms with Crippen molar-refractivity contribution in [1.29, 1.82) is 0 Å². The SMILES string of the molecule is C[C@@H]1C[C@H]2[C@@H]3CCC4=CC(=O)C=C[C@]4(C)[C@H]3CC[C@]2(C)[C@@H]1C(=O)S. The molecule has 4 aliphatic carbocycles. The molecule has 24 heavy (non-hydrogen) atoms. The molecule has 3 saturated carbocycles. The Morgan fingerprint density at radius 2 is 2.00 bits per heavy atom. The lowest BCUT2D eigenvalue weighted by atomic mass is 9.48. The third-order valence-electron chi connectivity index (χ3n) is 8.17. The summed E-state index contributed by atoms with van der Waals surface area (Å²) in [6, 6.07) is 0. The Hall–Kier alpha value is -0.830. The van der Waals surface area contributed by atoms with Crippen molar-refractivity contribution >= 4 is 23.5 Å². The van der Waals surface area contributed by atoms with Crippen LogP contribution in [0.1, 0.15) is 52.9 Å². The first kappa shape index (κ1) is 16.6. The number of rotatable bonds is 1. The number of allylic oxidation sites excluding steroid dienone is 4. The monoisotopic (exact) mass is 344 g/mol. The fraction of sp³-hybridized carbons (Fsp3) is 0.714. The van der Waals surface area contributed by atoms with Crippen LogP contribution >= 0.6 is 12.6 Å². The Balaban J connectivity index is 1.70. The molecular formula is C21H28O2S. The Bertz CT molecular complexity index is 663. The summed E-state index contributed by atoms with van der Waals surface area (Å²) in [5, 5.41) is 0.0942. The summed E-state index contributed by atoms with van der Waals surface area (Å²) in [7, 11) is 0. The Labute approximate surface area is 150 Å². The smallest absolute Gasteiger partial charge is 0.189 e. The minimum absolute atomic E-state index is 0.0461. The number of thiol groups is 1. The van der Waals surface area contributed by atoms with Crippen molar-refractivity contribution in [2.24, 2.45) is 40.4 Å². The summed E-state index contributed by atoms with van der Waals surface area (Å²) in [4.78, 5) is 24.0. The lowest BCUT2D eigenvalue weighted by Crippen LogP contribution is -2.50. The van der Waals surface area contributed by atoms with E-state index in [1.54, 1.807) is 6.08 Å². The number of carbonyl (C=O) groups excluding carboxylic acids is 2. The molecule has 0 amide bonds. The van der Waals surface area contributed by atoms with Crippen LogP contribution in [0.3, 0.4) is 0 Å². The lowest BCUT2D eigenvalue weighted by molar-refractivity contribution is -0.121. The topological polar surface area (TPSA) is 34.1 Å². The van der Waals surface area contributed by atoms with Gasteiger partial charge in [0, 0.05) is 11.3 Å². The highest BCUT2D eigenvalue weighted by molar-refractivity contribution is 7.96. The standard InChI is InChI=1S/C21H28O2S/c1-12-10-17-15-5-4-13-11-14(22)6-8-20(13,2)16(15)7-9-21(17,3)18(12)19(23)24/h6,8,11-12,15-18H,4-5,7,9-10H2,1-3H3,(H,23,24)/t12-,15-,16+,17+,18+,20+,21+/m1/s1. The zero-order valence-electron chi connectivity index (χ0n) is 14.9. The van der Waals surface area contributed by atoms with Crippen LogP contribution in [0.5, 0.6) is 0 Å². The second-order valence-corrected chi connectivity index (χ2v) is 9.62. The van der Waals surface area contributed by atoms with Crippen LogP contribution in [0.2, 0.25) is 0 Å². The van der Waals surface area contributed by atoms with Gasteiger partial charge < -0.3 is 0 Å². The molecule has 0 saturated heterocycles. The molecule has 7 atom stereocenters. The number of carbonyl (C=O) groups is 2. The molecule has 130 valence electrons. The molecule has 2 nitrogen and oxygen atoms in total. The van der Waals surface area contributed by atoms with Gasteiger partial charge in [0.2, 0.25) is 0 Å². The molecule has 3 heteroatoms. The van der Waals surface area contributed by atoms with E-state index in [9.17, 15) is 9.59 Å². The van der Waals surface area contributed by atoms with Gasteiger partial charge in [0.1, 0.15) is 0 Å².